The molecule has 2 aliphatic heterocycles. The number of methoxy groups -OCH3 is 1. The summed E-state index contributed by atoms with van der Waals surface area (Å²) >= 11 is 0. The highest BCUT2D eigenvalue weighted by Crippen LogP contribution is 2.18. The van der Waals surface area contributed by atoms with Crippen LogP contribution < -0.4 is 0 Å². The van der Waals surface area contributed by atoms with Crippen LogP contribution in [0.15, 0.2) is 0 Å². The molecule has 0 aromatic rings. The summed E-state index contributed by atoms with van der Waals surface area (Å²) < 4.78 is 10.5. The third-order valence-electron chi connectivity index (χ3n) is 2.95. The van der Waals surface area contributed by atoms with Gasteiger partial charge in [-0.2, -0.15) is 0 Å². The lowest BCUT2D eigenvalue weighted by atomic mass is 10.0. The van der Waals surface area contributed by atoms with Crippen LogP contribution in [0, 0.1) is 0 Å². The van der Waals surface area contributed by atoms with E-state index in [0.717, 1.165) is 13.2 Å². The van der Waals surface area contributed by atoms with Gasteiger partial charge in [0.25, 0.3) is 0 Å². The molecule has 0 amide bonds. The molecule has 0 bridgehead atoms. The fourth-order valence-electron chi connectivity index (χ4n) is 1.91. The zero-order chi connectivity index (χ0) is 8.39. The van der Waals surface area contributed by atoms with Crippen LogP contribution >= 0.6 is 0 Å². The van der Waals surface area contributed by atoms with E-state index in [1.807, 2.05) is 7.11 Å². The lowest BCUT2D eigenvalue weighted by Gasteiger charge is -2.41. The molecule has 12 heavy (non-hydrogen) atoms. The number of hydrogen-bond acceptors (Lipinski definition) is 3. The summed E-state index contributed by atoms with van der Waals surface area (Å²) in [6.07, 6.45) is 2.88. The van der Waals surface area contributed by atoms with Gasteiger partial charge in [0.2, 0.25) is 0 Å². The molecule has 0 unspecified atom stereocenters. The van der Waals surface area contributed by atoms with Crippen LogP contribution in [0.5, 0.6) is 0 Å². The van der Waals surface area contributed by atoms with E-state index in [1.54, 1.807) is 0 Å². The summed E-state index contributed by atoms with van der Waals surface area (Å²) in [5, 5.41) is 0. The van der Waals surface area contributed by atoms with Crippen LogP contribution in [0.4, 0.5) is 0 Å². The standard InChI is InChI=1S/C9H17NO2/c1-11-9-2-4-10(5-3-9)8-6-12-7-8/h8-9H,2-7H2,1H3. The van der Waals surface area contributed by atoms with Crippen molar-refractivity contribution >= 4 is 0 Å². The Bertz CT molecular complexity index is 139. The molecule has 0 aromatic heterocycles. The van der Waals surface area contributed by atoms with Crippen molar-refractivity contribution in [2.24, 2.45) is 0 Å². The van der Waals surface area contributed by atoms with E-state index in [9.17, 15) is 0 Å². The molecule has 0 radical (unpaired) electrons. The van der Waals surface area contributed by atoms with Crippen molar-refractivity contribution < 1.29 is 9.47 Å². The maximum Gasteiger partial charge on any atom is 0.0645 e. The van der Waals surface area contributed by atoms with E-state index < -0.39 is 0 Å². The number of rotatable bonds is 2. The van der Waals surface area contributed by atoms with E-state index in [2.05, 4.69) is 4.90 Å². The minimum Gasteiger partial charge on any atom is -0.381 e. The monoisotopic (exact) mass is 171 g/mol. The van der Waals surface area contributed by atoms with Crippen molar-refractivity contribution in [3.05, 3.63) is 0 Å². The lowest BCUT2D eigenvalue weighted by Crippen LogP contribution is -2.52. The highest BCUT2D eigenvalue weighted by molar-refractivity contribution is 4.82. The Kier molecular flexibility index (Phi) is 2.63. The van der Waals surface area contributed by atoms with Gasteiger partial charge in [0.05, 0.1) is 25.4 Å². The maximum absolute atomic E-state index is 5.31. The van der Waals surface area contributed by atoms with Crippen LogP contribution in [-0.2, 0) is 9.47 Å². The first kappa shape index (κ1) is 8.48. The van der Waals surface area contributed by atoms with E-state index in [0.29, 0.717) is 12.1 Å². The van der Waals surface area contributed by atoms with Crippen LogP contribution in [0.1, 0.15) is 12.8 Å². The van der Waals surface area contributed by atoms with Gasteiger partial charge in [-0.25, -0.2) is 0 Å². The molecule has 3 heteroatoms. The Morgan fingerprint density at radius 2 is 1.92 bits per heavy atom. The Balaban J connectivity index is 1.74. The number of likely N-dealkylation sites (tertiary alicyclic amines) is 1. The number of nitrogens with zero attached hydrogens (tertiary/aromatic N) is 1. The summed E-state index contributed by atoms with van der Waals surface area (Å²) in [5.74, 6) is 0. The number of ether oxygens (including phenoxy) is 2. The van der Waals surface area contributed by atoms with Crippen molar-refractivity contribution in [2.45, 2.75) is 25.0 Å². The molecular weight excluding hydrogens is 154 g/mol. The van der Waals surface area contributed by atoms with Crippen molar-refractivity contribution in [1.82, 2.24) is 4.90 Å². The highest BCUT2D eigenvalue weighted by Gasteiger charge is 2.29. The first-order chi connectivity index (χ1) is 5.90. The summed E-state index contributed by atoms with van der Waals surface area (Å²) in [6.45, 7) is 4.26. The quantitative estimate of drug-likeness (QED) is 0.604. The topological polar surface area (TPSA) is 21.7 Å². The molecule has 0 saturated carbocycles. The van der Waals surface area contributed by atoms with Gasteiger partial charge in [-0.05, 0) is 12.8 Å². The van der Waals surface area contributed by atoms with Crippen molar-refractivity contribution in [3.63, 3.8) is 0 Å². The molecule has 0 spiro atoms. The van der Waals surface area contributed by atoms with Crippen LogP contribution in [0.2, 0.25) is 0 Å². The van der Waals surface area contributed by atoms with Gasteiger partial charge in [-0.15, -0.1) is 0 Å². The van der Waals surface area contributed by atoms with Gasteiger partial charge in [-0.3, -0.25) is 4.90 Å². The molecule has 2 heterocycles. The zero-order valence-electron chi connectivity index (χ0n) is 7.66. The SMILES string of the molecule is COC1CCN(C2COC2)CC1. The largest absolute Gasteiger partial charge is 0.381 e. The fraction of sp³-hybridized carbons (Fsp3) is 1.00. The van der Waals surface area contributed by atoms with Gasteiger partial charge < -0.3 is 9.47 Å². The summed E-state index contributed by atoms with van der Waals surface area (Å²) in [5.41, 5.74) is 0. The molecule has 2 saturated heterocycles. The van der Waals surface area contributed by atoms with Gasteiger partial charge in [0.15, 0.2) is 0 Å². The predicted octanol–water partition coefficient (Wildman–Crippen LogP) is 0.496. The summed E-state index contributed by atoms with van der Waals surface area (Å²) in [7, 11) is 1.81. The third kappa shape index (κ3) is 1.63. The Labute approximate surface area is 73.6 Å². The van der Waals surface area contributed by atoms with Crippen molar-refractivity contribution in [1.29, 1.82) is 0 Å². The van der Waals surface area contributed by atoms with Crippen LogP contribution in [-0.4, -0.2) is 50.5 Å². The molecule has 0 N–H and O–H groups in total. The predicted molar refractivity (Wildman–Crippen MR) is 46.2 cm³/mol. The zero-order valence-corrected chi connectivity index (χ0v) is 7.66. The Morgan fingerprint density at radius 1 is 1.25 bits per heavy atom. The highest BCUT2D eigenvalue weighted by atomic mass is 16.5. The lowest BCUT2D eigenvalue weighted by molar-refractivity contribution is -0.0827. The number of piperidine rings is 1. The van der Waals surface area contributed by atoms with Gasteiger partial charge in [0.1, 0.15) is 0 Å². The smallest absolute Gasteiger partial charge is 0.0645 e. The first-order valence-corrected chi connectivity index (χ1v) is 4.74. The Hall–Kier alpha value is -0.120. The first-order valence-electron chi connectivity index (χ1n) is 4.74. The van der Waals surface area contributed by atoms with Crippen molar-refractivity contribution in [3.8, 4) is 0 Å². The number of hydrogen-bond donors (Lipinski definition) is 0. The third-order valence-corrected chi connectivity index (χ3v) is 2.95. The molecular formula is C9H17NO2. The second-order valence-electron chi connectivity index (χ2n) is 3.66. The van der Waals surface area contributed by atoms with Gasteiger partial charge in [-0.1, -0.05) is 0 Å². The summed E-state index contributed by atoms with van der Waals surface area (Å²) in [4.78, 5) is 2.53. The molecule has 2 rings (SSSR count). The minimum atomic E-state index is 0.502. The minimum absolute atomic E-state index is 0.502. The normalized spacial score (nSPS) is 28.8. The molecule has 2 fully saturated rings. The second kappa shape index (κ2) is 3.73. The van der Waals surface area contributed by atoms with Crippen LogP contribution in [0.25, 0.3) is 0 Å². The molecule has 2 aliphatic rings. The summed E-state index contributed by atoms with van der Waals surface area (Å²) in [6, 6.07) is 0.711. The molecule has 0 aliphatic carbocycles. The van der Waals surface area contributed by atoms with Gasteiger partial charge >= 0.3 is 0 Å². The van der Waals surface area contributed by atoms with E-state index in [1.165, 1.54) is 25.9 Å². The van der Waals surface area contributed by atoms with E-state index in [4.69, 9.17) is 9.47 Å². The Morgan fingerprint density at radius 3 is 2.33 bits per heavy atom. The maximum atomic E-state index is 5.31. The van der Waals surface area contributed by atoms with E-state index in [-0.39, 0.29) is 0 Å². The molecule has 3 nitrogen and oxygen atoms in total. The average Bonchev–Trinajstić information content (AvgIpc) is 2.03. The molecule has 0 aromatic carbocycles. The molecule has 0 atom stereocenters. The fourth-order valence-corrected chi connectivity index (χ4v) is 1.91. The van der Waals surface area contributed by atoms with Crippen molar-refractivity contribution in [2.75, 3.05) is 33.4 Å². The molecule has 70 valence electrons. The van der Waals surface area contributed by atoms with E-state index >= 15 is 0 Å². The second-order valence-corrected chi connectivity index (χ2v) is 3.66. The van der Waals surface area contributed by atoms with Gasteiger partial charge in [0, 0.05) is 20.2 Å². The average molecular weight is 171 g/mol. The van der Waals surface area contributed by atoms with Crippen LogP contribution in [0.3, 0.4) is 0 Å².